The number of alkyl halides is 3. The highest BCUT2D eigenvalue weighted by molar-refractivity contribution is 6.06. The summed E-state index contributed by atoms with van der Waals surface area (Å²) < 4.78 is 37.9. The first-order valence-corrected chi connectivity index (χ1v) is 5.89. The van der Waals surface area contributed by atoms with E-state index in [1.54, 1.807) is 0 Å². The van der Waals surface area contributed by atoms with Crippen LogP contribution in [0.3, 0.4) is 0 Å². The number of carbonyl (C=O) groups excluding carboxylic acids is 2. The number of phenolic OH excluding ortho intramolecular Hbond substituents is 1. The molecule has 0 fully saturated rings. The molecular weight excluding hydrogens is 305 g/mol. The lowest BCUT2D eigenvalue weighted by atomic mass is 10.2. The van der Waals surface area contributed by atoms with Gasteiger partial charge in [0.05, 0.1) is 5.69 Å². The van der Waals surface area contributed by atoms with E-state index in [2.05, 4.69) is 0 Å². The smallest absolute Gasteiger partial charge is 0.451 e. The number of aliphatic hydroxyl groups excluding tert-OH is 1. The number of phenols is 1. The zero-order chi connectivity index (χ0) is 17.1. The highest BCUT2D eigenvalue weighted by Crippen LogP contribution is 2.29. The zero-order valence-corrected chi connectivity index (χ0v) is 11.6. The van der Waals surface area contributed by atoms with Crippen molar-refractivity contribution in [3.05, 3.63) is 35.7 Å². The zero-order valence-electron chi connectivity index (χ0n) is 11.6. The lowest BCUT2D eigenvalue weighted by Crippen LogP contribution is -2.35. The number of para-hydroxylation sites is 2. The van der Waals surface area contributed by atoms with E-state index < -0.39 is 29.4 Å². The Balaban J connectivity index is 3.26. The molecule has 1 rings (SSSR count). The second kappa shape index (κ2) is 6.37. The fraction of sp³-hybridized carbons (Fsp3) is 0.231. The van der Waals surface area contributed by atoms with Gasteiger partial charge in [-0.3, -0.25) is 9.59 Å². The average Bonchev–Trinajstić information content (AvgIpc) is 2.40. The Morgan fingerprint density at radius 1 is 1.23 bits per heavy atom. The Kier molecular flexibility index (Phi) is 5.02. The molecule has 6 nitrogen and oxygen atoms in total. The summed E-state index contributed by atoms with van der Waals surface area (Å²) in [5.74, 6) is -4.88. The van der Waals surface area contributed by atoms with E-state index in [1.807, 2.05) is 5.32 Å². The number of hydrogen-bond acceptors (Lipinski definition) is 4. The van der Waals surface area contributed by atoms with Crippen LogP contribution in [0.1, 0.15) is 6.92 Å². The van der Waals surface area contributed by atoms with Gasteiger partial charge in [-0.2, -0.15) is 13.2 Å². The quantitative estimate of drug-likeness (QED) is 0.452. The molecule has 2 amide bonds. The molecule has 0 heterocycles. The lowest BCUT2D eigenvalue weighted by molar-refractivity contribution is -0.135. The van der Waals surface area contributed by atoms with Crippen molar-refractivity contribution in [3.8, 4) is 5.75 Å². The van der Waals surface area contributed by atoms with Crippen molar-refractivity contribution in [2.24, 2.45) is 0 Å². The minimum absolute atomic E-state index is 0.170. The summed E-state index contributed by atoms with van der Waals surface area (Å²) in [4.78, 5) is 23.5. The molecule has 1 aromatic rings. The van der Waals surface area contributed by atoms with Gasteiger partial charge in [-0.15, -0.1) is 0 Å². The fourth-order valence-corrected chi connectivity index (χ4v) is 1.47. The van der Waals surface area contributed by atoms with Crippen LogP contribution in [-0.4, -0.2) is 40.2 Å². The highest BCUT2D eigenvalue weighted by Gasteiger charge is 2.40. The predicted molar refractivity (Wildman–Crippen MR) is 70.9 cm³/mol. The summed E-state index contributed by atoms with van der Waals surface area (Å²) in [6.07, 6.45) is -5.21. The van der Waals surface area contributed by atoms with Gasteiger partial charge >= 0.3 is 6.18 Å². The summed E-state index contributed by atoms with van der Waals surface area (Å²) in [6.45, 7) is 0.928. The maximum Gasteiger partial charge on any atom is 0.451 e. The maximum atomic E-state index is 12.6. The van der Waals surface area contributed by atoms with Gasteiger partial charge in [0.25, 0.3) is 5.91 Å². The van der Waals surface area contributed by atoms with Crippen LogP contribution in [0.25, 0.3) is 0 Å². The first kappa shape index (κ1) is 17.3. The molecule has 0 unspecified atom stereocenters. The van der Waals surface area contributed by atoms with Crippen molar-refractivity contribution in [1.82, 2.24) is 4.90 Å². The standard InChI is InChI=1S/C13H13F3N2O4/c1-7(19)18(2)10(11(21)13(14,15)16)12(22)17-8-5-3-4-6-9(8)20/h3-6,20-21H,1-2H3,(H,17,22)/b11-10+. The van der Waals surface area contributed by atoms with E-state index in [4.69, 9.17) is 0 Å². The number of rotatable bonds is 3. The SMILES string of the molecule is CC(=O)N(C)/C(C(=O)Nc1ccccc1O)=C(/O)C(F)(F)F. The van der Waals surface area contributed by atoms with Crippen molar-refractivity contribution >= 4 is 17.5 Å². The molecule has 22 heavy (non-hydrogen) atoms. The van der Waals surface area contributed by atoms with Crippen LogP contribution in [0.4, 0.5) is 18.9 Å². The normalized spacial score (nSPS) is 12.4. The van der Waals surface area contributed by atoms with Crippen LogP contribution in [0.5, 0.6) is 5.75 Å². The number of benzene rings is 1. The minimum Gasteiger partial charge on any atom is -0.506 e. The van der Waals surface area contributed by atoms with Gasteiger partial charge in [0.15, 0.2) is 5.70 Å². The molecule has 0 saturated heterocycles. The molecule has 0 aliphatic heterocycles. The molecule has 1 aromatic carbocycles. The van der Waals surface area contributed by atoms with Crippen LogP contribution < -0.4 is 5.32 Å². The number of allylic oxidation sites excluding steroid dienone is 1. The van der Waals surface area contributed by atoms with Gasteiger partial charge in [-0.05, 0) is 12.1 Å². The van der Waals surface area contributed by atoms with Crippen LogP contribution >= 0.6 is 0 Å². The molecule has 0 atom stereocenters. The lowest BCUT2D eigenvalue weighted by Gasteiger charge is -2.21. The molecular formula is C13H13F3N2O4. The number of aliphatic hydroxyl groups is 1. The van der Waals surface area contributed by atoms with Gasteiger partial charge in [-0.25, -0.2) is 0 Å². The summed E-state index contributed by atoms with van der Waals surface area (Å²) in [5, 5.41) is 20.7. The van der Waals surface area contributed by atoms with E-state index >= 15 is 0 Å². The number of likely N-dealkylation sites (N-methyl/N-ethyl adjacent to an activating group) is 1. The minimum atomic E-state index is -5.21. The molecule has 0 radical (unpaired) electrons. The molecule has 120 valence electrons. The Hall–Kier alpha value is -2.71. The first-order valence-electron chi connectivity index (χ1n) is 5.89. The van der Waals surface area contributed by atoms with E-state index in [0.717, 1.165) is 14.0 Å². The van der Waals surface area contributed by atoms with E-state index in [-0.39, 0.29) is 11.4 Å². The fourth-order valence-electron chi connectivity index (χ4n) is 1.47. The van der Waals surface area contributed by atoms with Crippen LogP contribution in [0, 0.1) is 0 Å². The molecule has 3 N–H and O–H groups in total. The van der Waals surface area contributed by atoms with Gasteiger partial charge in [0.2, 0.25) is 11.7 Å². The summed E-state index contributed by atoms with van der Waals surface area (Å²) >= 11 is 0. The van der Waals surface area contributed by atoms with Crippen LogP contribution in [-0.2, 0) is 9.59 Å². The molecule has 9 heteroatoms. The third kappa shape index (κ3) is 3.90. The maximum absolute atomic E-state index is 12.6. The second-order valence-corrected chi connectivity index (χ2v) is 4.24. The summed E-state index contributed by atoms with van der Waals surface area (Å²) in [5.41, 5.74) is -1.44. The highest BCUT2D eigenvalue weighted by atomic mass is 19.4. The number of halogens is 3. The number of nitrogens with zero attached hydrogens (tertiary/aromatic N) is 1. The number of hydrogen-bond donors (Lipinski definition) is 3. The monoisotopic (exact) mass is 318 g/mol. The van der Waals surface area contributed by atoms with Gasteiger partial charge in [-0.1, -0.05) is 12.1 Å². The van der Waals surface area contributed by atoms with Crippen molar-refractivity contribution in [1.29, 1.82) is 0 Å². The molecule has 0 aromatic heterocycles. The molecule has 0 saturated carbocycles. The van der Waals surface area contributed by atoms with Crippen molar-refractivity contribution < 1.29 is 33.0 Å². The van der Waals surface area contributed by atoms with Gasteiger partial charge in [0.1, 0.15) is 5.75 Å². The van der Waals surface area contributed by atoms with E-state index in [1.165, 1.54) is 24.3 Å². The van der Waals surface area contributed by atoms with Crippen LogP contribution in [0.15, 0.2) is 35.7 Å². The Morgan fingerprint density at radius 2 is 1.77 bits per heavy atom. The third-order valence-electron chi connectivity index (χ3n) is 2.67. The van der Waals surface area contributed by atoms with Gasteiger partial charge < -0.3 is 20.4 Å². The van der Waals surface area contributed by atoms with Gasteiger partial charge in [0, 0.05) is 14.0 Å². The summed E-state index contributed by atoms with van der Waals surface area (Å²) in [6, 6.07) is 5.31. The molecule has 0 spiro atoms. The first-order chi connectivity index (χ1) is 10.1. The Labute approximate surface area is 123 Å². The second-order valence-electron chi connectivity index (χ2n) is 4.24. The largest absolute Gasteiger partial charge is 0.506 e. The van der Waals surface area contributed by atoms with Crippen LogP contribution in [0.2, 0.25) is 0 Å². The Morgan fingerprint density at radius 3 is 2.23 bits per heavy atom. The number of anilines is 1. The van der Waals surface area contributed by atoms with Crippen molar-refractivity contribution in [3.63, 3.8) is 0 Å². The van der Waals surface area contributed by atoms with Crippen molar-refractivity contribution in [2.45, 2.75) is 13.1 Å². The number of nitrogens with one attached hydrogen (secondary N) is 1. The van der Waals surface area contributed by atoms with E-state index in [0.29, 0.717) is 4.90 Å². The predicted octanol–water partition coefficient (Wildman–Crippen LogP) is 2.14. The number of aromatic hydroxyl groups is 1. The van der Waals surface area contributed by atoms with E-state index in [9.17, 15) is 33.0 Å². The molecule has 0 aliphatic rings. The van der Waals surface area contributed by atoms with Crippen molar-refractivity contribution in [2.75, 3.05) is 12.4 Å². The Bertz CT molecular complexity index is 626. The molecule has 0 aliphatic carbocycles. The topological polar surface area (TPSA) is 89.9 Å². The number of amides is 2. The molecule has 0 bridgehead atoms. The average molecular weight is 318 g/mol. The summed E-state index contributed by atoms with van der Waals surface area (Å²) in [7, 11) is 0.907. The number of carbonyl (C=O) groups is 2. The third-order valence-corrected chi connectivity index (χ3v) is 2.67.